The van der Waals surface area contributed by atoms with Gasteiger partial charge in [-0.25, -0.2) is 0 Å². The normalized spacial score (nSPS) is 35.3. The van der Waals surface area contributed by atoms with E-state index in [1.807, 2.05) is 0 Å². The van der Waals surface area contributed by atoms with Gasteiger partial charge in [0.25, 0.3) is 0 Å². The number of rotatable bonds is 2. The van der Waals surface area contributed by atoms with E-state index in [4.69, 9.17) is 9.47 Å². The minimum absolute atomic E-state index is 0.204. The van der Waals surface area contributed by atoms with Gasteiger partial charge < -0.3 is 9.47 Å². The van der Waals surface area contributed by atoms with Crippen LogP contribution in [0.3, 0.4) is 0 Å². The molecule has 0 radical (unpaired) electrons. The van der Waals surface area contributed by atoms with Gasteiger partial charge in [0, 0.05) is 6.61 Å². The Morgan fingerprint density at radius 1 is 1.25 bits per heavy atom. The third-order valence-electron chi connectivity index (χ3n) is 2.45. The summed E-state index contributed by atoms with van der Waals surface area (Å²) in [6.45, 7) is 0.131. The molecule has 5 nitrogen and oxygen atoms in total. The first-order valence-electron chi connectivity index (χ1n) is 4.54. The van der Waals surface area contributed by atoms with Gasteiger partial charge in [0.1, 0.15) is 12.2 Å². The maximum atomic E-state index is 12.0. The number of halogens is 3. The van der Waals surface area contributed by atoms with E-state index in [1.165, 1.54) is 0 Å². The second-order valence-corrected chi connectivity index (χ2v) is 5.09. The number of hydrogen-bond acceptors (Lipinski definition) is 5. The summed E-state index contributed by atoms with van der Waals surface area (Å²) in [7, 11) is -5.58. The lowest BCUT2D eigenvalue weighted by atomic mass is 10.1. The Hall–Kier alpha value is -0.380. The lowest BCUT2D eigenvalue weighted by Crippen LogP contribution is -2.36. The molecule has 2 aliphatic heterocycles. The van der Waals surface area contributed by atoms with Crippen molar-refractivity contribution in [3.05, 3.63) is 0 Å². The zero-order valence-electron chi connectivity index (χ0n) is 7.94. The van der Waals surface area contributed by atoms with E-state index in [0.717, 1.165) is 0 Å². The van der Waals surface area contributed by atoms with Crippen LogP contribution in [0.1, 0.15) is 6.42 Å². The molecule has 2 rings (SSSR count). The largest absolute Gasteiger partial charge is 0.523 e. The monoisotopic (exact) mass is 262 g/mol. The van der Waals surface area contributed by atoms with Crippen molar-refractivity contribution in [2.75, 3.05) is 13.2 Å². The summed E-state index contributed by atoms with van der Waals surface area (Å²) in [5.74, 6) is 0. The van der Waals surface area contributed by atoms with Crippen molar-refractivity contribution in [3.8, 4) is 0 Å². The average Bonchev–Trinajstić information content (AvgIpc) is 2.67. The van der Waals surface area contributed by atoms with E-state index < -0.39 is 27.8 Å². The van der Waals surface area contributed by atoms with Crippen LogP contribution in [0.25, 0.3) is 0 Å². The Morgan fingerprint density at radius 2 is 1.94 bits per heavy atom. The van der Waals surface area contributed by atoms with Crippen LogP contribution in [0.4, 0.5) is 13.2 Å². The molecule has 94 valence electrons. The van der Waals surface area contributed by atoms with Crippen molar-refractivity contribution < 1.29 is 35.2 Å². The van der Waals surface area contributed by atoms with Crippen molar-refractivity contribution in [1.29, 1.82) is 0 Å². The quantitative estimate of drug-likeness (QED) is 0.533. The molecule has 2 aliphatic rings. The van der Waals surface area contributed by atoms with Gasteiger partial charge in [-0.05, 0) is 6.42 Å². The van der Waals surface area contributed by atoms with Crippen LogP contribution in [0, 0.1) is 0 Å². The molecule has 0 amide bonds. The molecule has 9 heteroatoms. The van der Waals surface area contributed by atoms with Gasteiger partial charge in [0.15, 0.2) is 0 Å². The fourth-order valence-corrected chi connectivity index (χ4v) is 2.33. The Bertz CT molecular complexity index is 365. The minimum atomic E-state index is -5.58. The fourth-order valence-electron chi connectivity index (χ4n) is 1.73. The van der Waals surface area contributed by atoms with E-state index in [2.05, 4.69) is 4.18 Å². The predicted octanol–water partition coefficient (Wildman–Crippen LogP) is 0.409. The Morgan fingerprint density at radius 3 is 2.56 bits per heavy atom. The van der Waals surface area contributed by atoms with Gasteiger partial charge in [0.2, 0.25) is 0 Å². The summed E-state index contributed by atoms with van der Waals surface area (Å²) in [6, 6.07) is 0. The van der Waals surface area contributed by atoms with Crippen molar-refractivity contribution in [2.24, 2.45) is 0 Å². The van der Waals surface area contributed by atoms with Crippen LogP contribution in [-0.4, -0.2) is 45.5 Å². The molecule has 0 aliphatic carbocycles. The highest BCUT2D eigenvalue weighted by Crippen LogP contribution is 2.32. The third kappa shape index (κ3) is 2.04. The Balaban J connectivity index is 2.06. The summed E-state index contributed by atoms with van der Waals surface area (Å²) in [5.41, 5.74) is -5.41. The second kappa shape index (κ2) is 3.83. The maximum Gasteiger partial charge on any atom is 0.523 e. The first-order valence-corrected chi connectivity index (χ1v) is 5.95. The predicted molar refractivity (Wildman–Crippen MR) is 43.9 cm³/mol. The lowest BCUT2D eigenvalue weighted by Gasteiger charge is -2.17. The zero-order valence-corrected chi connectivity index (χ0v) is 8.75. The SMILES string of the molecule is O=S(=O)(OC1COC2CCOC21)C(F)(F)F. The van der Waals surface area contributed by atoms with E-state index in [-0.39, 0.29) is 12.7 Å². The van der Waals surface area contributed by atoms with Crippen molar-refractivity contribution >= 4 is 10.1 Å². The van der Waals surface area contributed by atoms with Crippen LogP contribution in [-0.2, 0) is 23.8 Å². The van der Waals surface area contributed by atoms with Crippen molar-refractivity contribution in [2.45, 2.75) is 30.2 Å². The van der Waals surface area contributed by atoms with Gasteiger partial charge in [-0.2, -0.15) is 21.6 Å². The van der Waals surface area contributed by atoms with E-state index >= 15 is 0 Å². The van der Waals surface area contributed by atoms with Gasteiger partial charge in [0.05, 0.1) is 12.7 Å². The van der Waals surface area contributed by atoms with E-state index in [0.29, 0.717) is 13.0 Å². The van der Waals surface area contributed by atoms with E-state index in [9.17, 15) is 21.6 Å². The number of ether oxygens (including phenoxy) is 2. The van der Waals surface area contributed by atoms with Gasteiger partial charge in [-0.3, -0.25) is 4.18 Å². The fraction of sp³-hybridized carbons (Fsp3) is 1.00. The number of alkyl halides is 3. The molecular formula is C7H9F3O5S. The molecule has 0 N–H and O–H groups in total. The molecule has 3 atom stereocenters. The summed E-state index contributed by atoms with van der Waals surface area (Å²) < 4.78 is 71.8. The van der Waals surface area contributed by atoms with Crippen LogP contribution in [0.15, 0.2) is 0 Å². The van der Waals surface area contributed by atoms with Gasteiger partial charge >= 0.3 is 15.6 Å². The highest BCUT2D eigenvalue weighted by molar-refractivity contribution is 7.87. The number of fused-ring (bicyclic) bond motifs is 1. The lowest BCUT2D eigenvalue weighted by molar-refractivity contribution is -0.0623. The highest BCUT2D eigenvalue weighted by atomic mass is 32.2. The topological polar surface area (TPSA) is 61.8 Å². The molecule has 0 aromatic heterocycles. The molecule has 0 aromatic carbocycles. The molecule has 2 heterocycles. The first kappa shape index (κ1) is 12.1. The van der Waals surface area contributed by atoms with Crippen LogP contribution < -0.4 is 0 Å². The summed E-state index contributed by atoms with van der Waals surface area (Å²) >= 11 is 0. The van der Waals surface area contributed by atoms with Crippen molar-refractivity contribution in [3.63, 3.8) is 0 Å². The summed E-state index contributed by atoms with van der Waals surface area (Å²) in [6.07, 6.45) is -1.76. The van der Waals surface area contributed by atoms with Crippen LogP contribution >= 0.6 is 0 Å². The number of hydrogen-bond donors (Lipinski definition) is 0. The average molecular weight is 262 g/mol. The molecule has 2 fully saturated rings. The van der Waals surface area contributed by atoms with Crippen LogP contribution in [0.5, 0.6) is 0 Å². The summed E-state index contributed by atoms with van der Waals surface area (Å²) in [4.78, 5) is 0. The standard InChI is InChI=1S/C7H9F3O5S/c8-7(9,10)16(11,12)15-5-3-14-4-1-2-13-6(4)5/h4-6H,1-3H2. The van der Waals surface area contributed by atoms with Gasteiger partial charge in [-0.15, -0.1) is 0 Å². The van der Waals surface area contributed by atoms with E-state index in [1.54, 1.807) is 0 Å². The van der Waals surface area contributed by atoms with Gasteiger partial charge in [-0.1, -0.05) is 0 Å². The smallest absolute Gasteiger partial charge is 0.373 e. The molecule has 0 aromatic rings. The molecule has 2 saturated heterocycles. The zero-order chi connectivity index (χ0) is 12.0. The maximum absolute atomic E-state index is 12.0. The first-order chi connectivity index (χ1) is 7.31. The van der Waals surface area contributed by atoms with Crippen molar-refractivity contribution in [1.82, 2.24) is 0 Å². The molecule has 0 saturated carbocycles. The molecule has 3 unspecified atom stereocenters. The Kier molecular flexibility index (Phi) is 2.89. The summed E-state index contributed by atoms with van der Waals surface area (Å²) in [5, 5.41) is 0. The second-order valence-electron chi connectivity index (χ2n) is 3.53. The third-order valence-corrected chi connectivity index (χ3v) is 3.52. The molecular weight excluding hydrogens is 253 g/mol. The highest BCUT2D eigenvalue weighted by Gasteiger charge is 2.52. The van der Waals surface area contributed by atoms with Crippen LogP contribution in [0.2, 0.25) is 0 Å². The molecule has 0 spiro atoms. The molecule has 0 bridgehead atoms. The minimum Gasteiger partial charge on any atom is -0.373 e. The molecule has 16 heavy (non-hydrogen) atoms. The Labute approximate surface area is 89.6 Å².